The third kappa shape index (κ3) is 3.07. The number of nitrogens with one attached hydrogen (secondary N) is 1. The second kappa shape index (κ2) is 5.87. The molecule has 0 bridgehead atoms. The van der Waals surface area contributed by atoms with Gasteiger partial charge in [0, 0.05) is 31.7 Å². The number of rotatable bonds is 3. The molecule has 1 aliphatic heterocycles. The Morgan fingerprint density at radius 3 is 2.75 bits per heavy atom. The molecule has 1 saturated heterocycles. The van der Waals surface area contributed by atoms with Gasteiger partial charge >= 0.3 is 0 Å². The third-order valence-electron chi connectivity index (χ3n) is 5.25. The predicted octanol–water partition coefficient (Wildman–Crippen LogP) is 3.08. The van der Waals surface area contributed by atoms with Gasteiger partial charge in [-0.05, 0) is 30.2 Å². The lowest BCUT2D eigenvalue weighted by molar-refractivity contribution is 0.0815. The first-order valence-electron chi connectivity index (χ1n) is 8.16. The first-order valence-corrected chi connectivity index (χ1v) is 8.16. The predicted molar refractivity (Wildman–Crippen MR) is 84.9 cm³/mol. The lowest BCUT2D eigenvalue weighted by Gasteiger charge is -2.42. The van der Waals surface area contributed by atoms with Gasteiger partial charge in [-0.25, -0.2) is 0 Å². The zero-order valence-corrected chi connectivity index (χ0v) is 12.9. The molecule has 20 heavy (non-hydrogen) atoms. The molecule has 2 fully saturated rings. The van der Waals surface area contributed by atoms with Crippen LogP contribution < -0.4 is 5.32 Å². The van der Waals surface area contributed by atoms with Gasteiger partial charge in [-0.2, -0.15) is 0 Å². The second-order valence-electron chi connectivity index (χ2n) is 7.23. The van der Waals surface area contributed by atoms with E-state index in [4.69, 9.17) is 0 Å². The summed E-state index contributed by atoms with van der Waals surface area (Å²) < 4.78 is 0. The molecule has 1 N–H and O–H groups in total. The van der Waals surface area contributed by atoms with Crippen molar-refractivity contribution in [3.05, 3.63) is 35.9 Å². The van der Waals surface area contributed by atoms with E-state index in [0.29, 0.717) is 11.5 Å². The van der Waals surface area contributed by atoms with Crippen molar-refractivity contribution >= 4 is 0 Å². The topological polar surface area (TPSA) is 15.3 Å². The lowest BCUT2D eigenvalue weighted by Crippen LogP contribution is -2.56. The Balaban J connectivity index is 1.62. The van der Waals surface area contributed by atoms with Crippen LogP contribution in [0.5, 0.6) is 0 Å². The molecule has 2 aliphatic rings. The molecule has 2 atom stereocenters. The maximum absolute atomic E-state index is 3.71. The van der Waals surface area contributed by atoms with Crippen LogP contribution in [0.2, 0.25) is 0 Å². The van der Waals surface area contributed by atoms with E-state index in [2.05, 4.69) is 54.4 Å². The van der Waals surface area contributed by atoms with Crippen molar-refractivity contribution in [3.63, 3.8) is 0 Å². The molecule has 2 nitrogen and oxygen atoms in total. The van der Waals surface area contributed by atoms with E-state index < -0.39 is 0 Å². The van der Waals surface area contributed by atoms with E-state index in [1.807, 2.05) is 0 Å². The van der Waals surface area contributed by atoms with Crippen LogP contribution in [0.25, 0.3) is 0 Å². The van der Waals surface area contributed by atoms with Crippen molar-refractivity contribution in [2.45, 2.75) is 51.6 Å². The SMILES string of the molecule is CC1(C)CCCC1N1CCNC(Cc2ccccc2)C1. The fraction of sp³-hybridized carbons (Fsp3) is 0.667. The highest BCUT2D eigenvalue weighted by Gasteiger charge is 2.39. The molecule has 0 radical (unpaired) electrons. The average Bonchev–Trinajstić information content (AvgIpc) is 2.80. The Morgan fingerprint density at radius 2 is 2.05 bits per heavy atom. The average molecular weight is 272 g/mol. The Morgan fingerprint density at radius 1 is 1.25 bits per heavy atom. The van der Waals surface area contributed by atoms with Crippen molar-refractivity contribution in [1.82, 2.24) is 10.2 Å². The summed E-state index contributed by atoms with van der Waals surface area (Å²) in [6.07, 6.45) is 5.35. The first kappa shape index (κ1) is 14.1. The zero-order valence-electron chi connectivity index (χ0n) is 12.9. The van der Waals surface area contributed by atoms with E-state index in [0.717, 1.165) is 19.0 Å². The lowest BCUT2D eigenvalue weighted by atomic mass is 9.85. The van der Waals surface area contributed by atoms with Gasteiger partial charge < -0.3 is 5.32 Å². The molecule has 2 unspecified atom stereocenters. The molecular formula is C18H28N2. The summed E-state index contributed by atoms with van der Waals surface area (Å²) in [7, 11) is 0. The van der Waals surface area contributed by atoms with Crippen molar-refractivity contribution in [2.24, 2.45) is 5.41 Å². The molecule has 110 valence electrons. The number of nitrogens with zero attached hydrogens (tertiary/aromatic N) is 1. The molecule has 0 spiro atoms. The van der Waals surface area contributed by atoms with Gasteiger partial charge in [0.1, 0.15) is 0 Å². The number of hydrogen-bond donors (Lipinski definition) is 1. The highest BCUT2D eigenvalue weighted by molar-refractivity contribution is 5.16. The molecule has 1 aliphatic carbocycles. The molecule has 0 amide bonds. The van der Waals surface area contributed by atoms with Crippen LogP contribution in [-0.4, -0.2) is 36.6 Å². The molecule has 1 aromatic rings. The standard InChI is InChI=1S/C18H28N2/c1-18(2)10-6-9-17(18)20-12-11-19-16(14-20)13-15-7-4-3-5-8-15/h3-5,7-8,16-17,19H,6,9-14H2,1-2H3. The molecule has 2 heteroatoms. The van der Waals surface area contributed by atoms with Crippen LogP contribution in [0.15, 0.2) is 30.3 Å². The summed E-state index contributed by atoms with van der Waals surface area (Å²) in [5, 5.41) is 3.71. The third-order valence-corrected chi connectivity index (χ3v) is 5.25. The van der Waals surface area contributed by atoms with Gasteiger partial charge in [0.15, 0.2) is 0 Å². The normalized spacial score (nSPS) is 30.5. The minimum atomic E-state index is 0.509. The summed E-state index contributed by atoms with van der Waals surface area (Å²) in [6.45, 7) is 8.49. The number of benzene rings is 1. The fourth-order valence-electron chi connectivity index (χ4n) is 4.15. The maximum atomic E-state index is 3.71. The Kier molecular flexibility index (Phi) is 4.13. The smallest absolute Gasteiger partial charge is 0.0236 e. The van der Waals surface area contributed by atoms with Gasteiger partial charge in [0.25, 0.3) is 0 Å². The zero-order chi connectivity index (χ0) is 14.0. The minimum absolute atomic E-state index is 0.509. The fourth-order valence-corrected chi connectivity index (χ4v) is 4.15. The van der Waals surface area contributed by atoms with Crippen LogP contribution in [0.4, 0.5) is 0 Å². The van der Waals surface area contributed by atoms with Crippen LogP contribution in [0.3, 0.4) is 0 Å². The van der Waals surface area contributed by atoms with Crippen LogP contribution in [0.1, 0.15) is 38.7 Å². The summed E-state index contributed by atoms with van der Waals surface area (Å²) >= 11 is 0. The molecule has 1 aromatic carbocycles. The highest BCUT2D eigenvalue weighted by atomic mass is 15.2. The summed E-state index contributed by atoms with van der Waals surface area (Å²) in [5.41, 5.74) is 1.96. The Labute approximate surface area is 123 Å². The molecule has 3 rings (SSSR count). The van der Waals surface area contributed by atoms with Gasteiger partial charge in [0.05, 0.1) is 0 Å². The summed E-state index contributed by atoms with van der Waals surface area (Å²) in [6, 6.07) is 12.3. The molecule has 1 heterocycles. The van der Waals surface area contributed by atoms with E-state index >= 15 is 0 Å². The molecule has 1 saturated carbocycles. The van der Waals surface area contributed by atoms with Crippen LogP contribution in [0, 0.1) is 5.41 Å². The summed E-state index contributed by atoms with van der Waals surface area (Å²) in [4.78, 5) is 2.76. The Bertz CT molecular complexity index is 426. The van der Waals surface area contributed by atoms with Crippen molar-refractivity contribution in [3.8, 4) is 0 Å². The van der Waals surface area contributed by atoms with Crippen molar-refractivity contribution in [1.29, 1.82) is 0 Å². The van der Waals surface area contributed by atoms with Crippen LogP contribution >= 0.6 is 0 Å². The van der Waals surface area contributed by atoms with Gasteiger partial charge in [-0.15, -0.1) is 0 Å². The monoisotopic (exact) mass is 272 g/mol. The molecular weight excluding hydrogens is 244 g/mol. The van der Waals surface area contributed by atoms with Gasteiger partial charge in [-0.1, -0.05) is 50.6 Å². The quantitative estimate of drug-likeness (QED) is 0.909. The number of hydrogen-bond acceptors (Lipinski definition) is 2. The van der Waals surface area contributed by atoms with E-state index in [1.54, 1.807) is 0 Å². The first-order chi connectivity index (χ1) is 9.65. The van der Waals surface area contributed by atoms with Gasteiger partial charge in [0.2, 0.25) is 0 Å². The van der Waals surface area contributed by atoms with E-state index in [-0.39, 0.29) is 0 Å². The molecule has 0 aromatic heterocycles. The van der Waals surface area contributed by atoms with Crippen molar-refractivity contribution < 1.29 is 0 Å². The highest BCUT2D eigenvalue weighted by Crippen LogP contribution is 2.40. The minimum Gasteiger partial charge on any atom is -0.311 e. The largest absolute Gasteiger partial charge is 0.311 e. The van der Waals surface area contributed by atoms with Crippen LogP contribution in [-0.2, 0) is 6.42 Å². The number of piperazine rings is 1. The van der Waals surface area contributed by atoms with Crippen molar-refractivity contribution in [2.75, 3.05) is 19.6 Å². The summed E-state index contributed by atoms with van der Waals surface area (Å²) in [5.74, 6) is 0. The van der Waals surface area contributed by atoms with E-state index in [1.165, 1.54) is 37.9 Å². The Hall–Kier alpha value is -0.860. The second-order valence-corrected chi connectivity index (χ2v) is 7.23. The van der Waals surface area contributed by atoms with E-state index in [9.17, 15) is 0 Å². The maximum Gasteiger partial charge on any atom is 0.0236 e. The van der Waals surface area contributed by atoms with Gasteiger partial charge in [-0.3, -0.25) is 4.90 Å².